The molecule has 0 fully saturated rings. The minimum absolute atomic E-state index is 0. The maximum Gasteiger partial charge on any atom is 0.0201 e. The topological polar surface area (TPSA) is 12.9 Å². The van der Waals surface area contributed by atoms with Gasteiger partial charge in [0.05, 0.1) is 0 Å². The second-order valence-electron chi connectivity index (χ2n) is 2.30. The molecule has 0 aliphatic rings. The van der Waals surface area contributed by atoms with Crippen molar-refractivity contribution in [2.24, 2.45) is 0 Å². The molecule has 0 aliphatic heterocycles. The first-order valence-electron chi connectivity index (χ1n) is 3.32. The van der Waals surface area contributed by atoms with E-state index < -0.39 is 0 Å². The largest absolute Gasteiger partial charge is 0.305 e. The molecular weight excluding hydrogens is 243 g/mol. The Hall–Kier alpha value is 0.0839. The second-order valence-corrected chi connectivity index (χ2v) is 2.81. The third-order valence-corrected chi connectivity index (χ3v) is 1.74. The van der Waals surface area contributed by atoms with E-state index in [-0.39, 0.29) is 32.7 Å². The zero-order valence-electron chi connectivity index (χ0n) is 6.36. The van der Waals surface area contributed by atoms with Gasteiger partial charge in [-0.25, -0.2) is 0 Å². The van der Waals surface area contributed by atoms with Gasteiger partial charge >= 0.3 is 0 Å². The van der Waals surface area contributed by atoms with Crippen LogP contribution in [0, 0.1) is 6.07 Å². The van der Waals surface area contributed by atoms with Crippen molar-refractivity contribution in [3.63, 3.8) is 0 Å². The van der Waals surface area contributed by atoms with Gasteiger partial charge in [0.2, 0.25) is 0 Å². The fourth-order valence-electron chi connectivity index (χ4n) is 0.990. The average molecular weight is 249 g/mol. The molecule has 57 valence electrons. The molecule has 0 bridgehead atoms. The van der Waals surface area contributed by atoms with Crippen LogP contribution in [-0.4, -0.2) is 4.98 Å². The maximum absolute atomic E-state index is 4.18. The molecule has 0 saturated carbocycles. The number of rotatable bonds is 0. The van der Waals surface area contributed by atoms with E-state index in [1.807, 2.05) is 24.3 Å². The molecule has 1 aromatic heterocycles. The van der Waals surface area contributed by atoms with E-state index in [0.29, 0.717) is 0 Å². The van der Waals surface area contributed by atoms with Gasteiger partial charge in [-0.15, -0.1) is 35.7 Å². The van der Waals surface area contributed by atoms with Crippen LogP contribution in [-0.2, 0) is 32.7 Å². The Morgan fingerprint density at radius 2 is 2.25 bits per heavy atom. The van der Waals surface area contributed by atoms with Gasteiger partial charge in [-0.2, -0.15) is 12.6 Å². The summed E-state index contributed by atoms with van der Waals surface area (Å²) in [4.78, 5) is 5.05. The average Bonchev–Trinajstić information content (AvgIpc) is 2.04. The molecular formula is C9H6NSY-. The number of hydrogen-bond acceptors (Lipinski definition) is 2. The molecule has 3 heteroatoms. The Labute approximate surface area is 102 Å². The van der Waals surface area contributed by atoms with Gasteiger partial charge < -0.3 is 4.98 Å². The molecule has 0 aliphatic carbocycles. The SMILES string of the molecule is Sc1cnc2ccc[c-]c2c1.[Y]. The monoisotopic (exact) mass is 249 g/mol. The molecule has 0 saturated heterocycles. The number of benzene rings is 1. The number of hydrogen-bond donors (Lipinski definition) is 1. The Balaban J connectivity index is 0.000000720. The van der Waals surface area contributed by atoms with E-state index in [0.717, 1.165) is 15.8 Å². The first-order chi connectivity index (χ1) is 5.36. The normalized spacial score (nSPS) is 9.42. The summed E-state index contributed by atoms with van der Waals surface area (Å²) in [6.07, 6.45) is 1.74. The molecule has 12 heavy (non-hydrogen) atoms. The number of nitrogens with zero attached hydrogens (tertiary/aromatic N) is 1. The predicted molar refractivity (Wildman–Crippen MR) is 47.8 cm³/mol. The van der Waals surface area contributed by atoms with Crippen LogP contribution in [0.2, 0.25) is 0 Å². The zero-order valence-corrected chi connectivity index (χ0v) is 10.1. The van der Waals surface area contributed by atoms with Crippen molar-refractivity contribution >= 4 is 23.5 Å². The maximum atomic E-state index is 4.18. The van der Waals surface area contributed by atoms with Gasteiger partial charge in [0.1, 0.15) is 0 Å². The van der Waals surface area contributed by atoms with Crippen molar-refractivity contribution in [2.75, 3.05) is 0 Å². The molecule has 0 unspecified atom stereocenters. The quantitative estimate of drug-likeness (QED) is 0.558. The fourth-order valence-corrected chi connectivity index (χ4v) is 1.18. The first kappa shape index (κ1) is 10.2. The Bertz CT molecular complexity index is 389. The smallest absolute Gasteiger partial charge is 0.0201 e. The Morgan fingerprint density at radius 3 is 3.08 bits per heavy atom. The van der Waals surface area contributed by atoms with Crippen LogP contribution < -0.4 is 0 Å². The first-order valence-corrected chi connectivity index (χ1v) is 3.76. The van der Waals surface area contributed by atoms with E-state index in [9.17, 15) is 0 Å². The van der Waals surface area contributed by atoms with Crippen molar-refractivity contribution in [3.05, 3.63) is 36.5 Å². The molecule has 0 spiro atoms. The summed E-state index contributed by atoms with van der Waals surface area (Å²) >= 11 is 4.18. The number of thiol groups is 1. The van der Waals surface area contributed by atoms with Crippen molar-refractivity contribution in [1.82, 2.24) is 4.98 Å². The zero-order chi connectivity index (χ0) is 7.68. The number of pyridine rings is 1. The van der Waals surface area contributed by atoms with Gasteiger partial charge in [0, 0.05) is 38.9 Å². The molecule has 2 aromatic rings. The summed E-state index contributed by atoms with van der Waals surface area (Å²) in [7, 11) is 0. The van der Waals surface area contributed by atoms with Crippen LogP contribution in [0.3, 0.4) is 0 Å². The number of fused-ring (bicyclic) bond motifs is 1. The second kappa shape index (κ2) is 4.36. The summed E-state index contributed by atoms with van der Waals surface area (Å²) in [5, 5.41) is 1.01. The van der Waals surface area contributed by atoms with Crippen molar-refractivity contribution in [3.8, 4) is 0 Å². The van der Waals surface area contributed by atoms with Crippen LogP contribution >= 0.6 is 12.6 Å². The Morgan fingerprint density at radius 1 is 1.42 bits per heavy atom. The summed E-state index contributed by atoms with van der Waals surface area (Å²) in [5.41, 5.74) is 0.963. The minimum Gasteiger partial charge on any atom is -0.305 e. The van der Waals surface area contributed by atoms with Crippen LogP contribution in [0.15, 0.2) is 35.4 Å². The van der Waals surface area contributed by atoms with Gasteiger partial charge in [0.15, 0.2) is 0 Å². The summed E-state index contributed by atoms with van der Waals surface area (Å²) < 4.78 is 0. The van der Waals surface area contributed by atoms with Crippen molar-refractivity contribution < 1.29 is 32.7 Å². The Kier molecular flexibility index (Phi) is 3.69. The van der Waals surface area contributed by atoms with Crippen molar-refractivity contribution in [1.29, 1.82) is 0 Å². The van der Waals surface area contributed by atoms with Crippen LogP contribution in [0.1, 0.15) is 0 Å². The standard InChI is InChI=1S/C9H6NS.Y/c11-8-5-7-3-1-2-4-9(7)10-6-8;/h1-2,4-6,11H;/q-1;. The van der Waals surface area contributed by atoms with E-state index >= 15 is 0 Å². The predicted octanol–water partition coefficient (Wildman–Crippen LogP) is 2.32. The molecule has 1 aromatic carbocycles. The van der Waals surface area contributed by atoms with Gasteiger partial charge in [-0.05, 0) is 10.4 Å². The van der Waals surface area contributed by atoms with Crippen LogP contribution in [0.25, 0.3) is 10.9 Å². The third-order valence-electron chi connectivity index (χ3n) is 1.49. The van der Waals surface area contributed by atoms with Gasteiger partial charge in [-0.1, -0.05) is 0 Å². The summed E-state index contributed by atoms with van der Waals surface area (Å²) in [6.45, 7) is 0. The molecule has 1 nitrogen and oxygen atoms in total. The number of aromatic nitrogens is 1. The van der Waals surface area contributed by atoms with Crippen LogP contribution in [0.5, 0.6) is 0 Å². The minimum atomic E-state index is 0. The summed E-state index contributed by atoms with van der Waals surface area (Å²) in [6, 6.07) is 10.8. The van der Waals surface area contributed by atoms with Gasteiger partial charge in [0.25, 0.3) is 0 Å². The van der Waals surface area contributed by atoms with Crippen molar-refractivity contribution in [2.45, 2.75) is 4.90 Å². The molecule has 1 radical (unpaired) electrons. The molecule has 0 N–H and O–H groups in total. The molecule has 2 rings (SSSR count). The summed E-state index contributed by atoms with van der Waals surface area (Å²) in [5.74, 6) is 0. The van der Waals surface area contributed by atoms with Gasteiger partial charge in [-0.3, -0.25) is 0 Å². The van der Waals surface area contributed by atoms with E-state index in [1.54, 1.807) is 6.20 Å². The fraction of sp³-hybridized carbons (Fsp3) is 0. The molecule has 0 amide bonds. The van der Waals surface area contributed by atoms with Crippen LogP contribution in [0.4, 0.5) is 0 Å². The van der Waals surface area contributed by atoms with E-state index in [4.69, 9.17) is 0 Å². The molecule has 0 atom stereocenters. The van der Waals surface area contributed by atoms with E-state index in [1.165, 1.54) is 0 Å². The molecule has 1 heterocycles. The third kappa shape index (κ3) is 2.06. The van der Waals surface area contributed by atoms with E-state index in [2.05, 4.69) is 23.7 Å².